The molecule has 0 aliphatic carbocycles. The quantitative estimate of drug-likeness (QED) is 0.0913. The maximum absolute atomic E-state index is 13.8. The summed E-state index contributed by atoms with van der Waals surface area (Å²) in [7, 11) is 3.01. The standard InChI is InChI=1S/C37H36Cl2FN3O7/c1-47-32-12-7-26(17-34(32)48-2)33(18-29-30(38)20-42(46)21-31(29)39)49-36(44)25-5-3-23(4-6-25)19-43(28-10-8-27(40)9-11-28)37(45)50-35-22-41-15-13-24(35)14-16-41/h3-12,17,20-21,24,33,35H,13-16,18-19,22H2,1-2H3/t33?,35-/m0/s1. The molecule has 1 aromatic heterocycles. The molecule has 2 atom stereocenters. The zero-order valence-electron chi connectivity index (χ0n) is 27.5. The van der Waals surface area contributed by atoms with Gasteiger partial charge in [0.15, 0.2) is 23.9 Å². The van der Waals surface area contributed by atoms with Crippen LogP contribution in [0.5, 0.6) is 11.5 Å². The van der Waals surface area contributed by atoms with Crippen LogP contribution in [0.3, 0.4) is 0 Å². The number of halogens is 3. The highest BCUT2D eigenvalue weighted by Gasteiger charge is 2.37. The van der Waals surface area contributed by atoms with Crippen LogP contribution in [0.2, 0.25) is 10.0 Å². The van der Waals surface area contributed by atoms with Crippen LogP contribution in [0.25, 0.3) is 0 Å². The van der Waals surface area contributed by atoms with Gasteiger partial charge in [0.2, 0.25) is 0 Å². The van der Waals surface area contributed by atoms with Crippen molar-refractivity contribution in [2.24, 2.45) is 5.92 Å². The lowest BCUT2D eigenvalue weighted by molar-refractivity contribution is -0.605. The fraction of sp³-hybridized carbons (Fsp3) is 0.324. The van der Waals surface area contributed by atoms with E-state index in [0.29, 0.717) is 51.1 Å². The van der Waals surface area contributed by atoms with Crippen molar-refractivity contribution in [3.63, 3.8) is 0 Å². The lowest BCUT2D eigenvalue weighted by Gasteiger charge is -2.44. The molecule has 10 nitrogen and oxygen atoms in total. The van der Waals surface area contributed by atoms with Gasteiger partial charge in [0, 0.05) is 24.2 Å². The number of anilines is 1. The van der Waals surface area contributed by atoms with Crippen molar-refractivity contribution in [1.82, 2.24) is 4.90 Å². The number of carbonyl (C=O) groups excluding carboxylic acids is 2. The third-order valence-electron chi connectivity index (χ3n) is 9.21. The molecule has 0 saturated carbocycles. The second-order valence-corrected chi connectivity index (χ2v) is 13.1. The highest BCUT2D eigenvalue weighted by Crippen LogP contribution is 2.36. The highest BCUT2D eigenvalue weighted by atomic mass is 35.5. The molecule has 3 aliphatic heterocycles. The van der Waals surface area contributed by atoms with E-state index >= 15 is 0 Å². The Hall–Kier alpha value is -4.58. The smallest absolute Gasteiger partial charge is 0.414 e. The monoisotopic (exact) mass is 723 g/mol. The Balaban J connectivity index is 1.21. The number of ether oxygens (including phenoxy) is 4. The summed E-state index contributed by atoms with van der Waals surface area (Å²) in [6.07, 6.45) is 2.80. The number of esters is 1. The van der Waals surface area contributed by atoms with Gasteiger partial charge in [0.05, 0.1) is 26.3 Å². The van der Waals surface area contributed by atoms with E-state index in [1.165, 1.54) is 55.8 Å². The van der Waals surface area contributed by atoms with Crippen LogP contribution in [0.1, 0.15) is 46.0 Å². The molecule has 3 saturated heterocycles. The van der Waals surface area contributed by atoms with Gasteiger partial charge in [-0.05, 0) is 91.5 Å². The number of piperidine rings is 3. The zero-order valence-corrected chi connectivity index (χ0v) is 29.0. The largest absolute Gasteiger partial charge is 0.619 e. The van der Waals surface area contributed by atoms with Crippen molar-refractivity contribution in [3.05, 3.63) is 122 Å². The number of nitrogens with zero attached hydrogens (tertiary/aromatic N) is 3. The second kappa shape index (κ2) is 15.5. The molecule has 13 heteroatoms. The Morgan fingerprint density at radius 2 is 1.62 bits per heavy atom. The maximum Gasteiger partial charge on any atom is 0.414 e. The van der Waals surface area contributed by atoms with Crippen molar-refractivity contribution in [1.29, 1.82) is 0 Å². The van der Waals surface area contributed by atoms with E-state index in [4.69, 9.17) is 42.1 Å². The van der Waals surface area contributed by atoms with Crippen LogP contribution in [0, 0.1) is 16.9 Å². The minimum Gasteiger partial charge on any atom is -0.619 e. The molecule has 50 heavy (non-hydrogen) atoms. The van der Waals surface area contributed by atoms with Gasteiger partial charge in [0.1, 0.15) is 28.1 Å². The molecule has 1 unspecified atom stereocenters. The summed E-state index contributed by atoms with van der Waals surface area (Å²) in [5, 5.41) is 12.1. The number of pyridine rings is 1. The Kier molecular flexibility index (Phi) is 11.0. The predicted octanol–water partition coefficient (Wildman–Crippen LogP) is 7.16. The van der Waals surface area contributed by atoms with Crippen LogP contribution in [-0.2, 0) is 22.4 Å². The zero-order chi connectivity index (χ0) is 35.4. The molecule has 7 rings (SSSR count). The van der Waals surface area contributed by atoms with Gasteiger partial charge in [-0.1, -0.05) is 41.4 Å². The highest BCUT2D eigenvalue weighted by molar-refractivity contribution is 6.35. The molecule has 3 aromatic carbocycles. The van der Waals surface area contributed by atoms with E-state index in [9.17, 15) is 19.2 Å². The first-order chi connectivity index (χ1) is 24.1. The lowest BCUT2D eigenvalue weighted by atomic mass is 9.86. The number of fused-ring (bicyclic) bond motifs is 3. The van der Waals surface area contributed by atoms with Gasteiger partial charge in [-0.15, -0.1) is 0 Å². The number of hydrogen-bond acceptors (Lipinski definition) is 8. The molecule has 2 bridgehead atoms. The van der Waals surface area contributed by atoms with E-state index in [1.54, 1.807) is 42.5 Å². The Bertz CT molecular complexity index is 1810. The Labute approximate surface area is 299 Å². The lowest BCUT2D eigenvalue weighted by Crippen LogP contribution is -2.53. The van der Waals surface area contributed by atoms with Crippen molar-refractivity contribution >= 4 is 41.0 Å². The van der Waals surface area contributed by atoms with Crippen molar-refractivity contribution in [2.75, 3.05) is 38.8 Å². The maximum atomic E-state index is 13.8. The van der Waals surface area contributed by atoms with Gasteiger partial charge >= 0.3 is 12.1 Å². The first-order valence-corrected chi connectivity index (χ1v) is 16.9. The van der Waals surface area contributed by atoms with E-state index < -0.39 is 24.0 Å². The molecule has 4 aromatic rings. The fourth-order valence-corrected chi connectivity index (χ4v) is 7.04. The summed E-state index contributed by atoms with van der Waals surface area (Å²) >= 11 is 12.8. The van der Waals surface area contributed by atoms with Crippen molar-refractivity contribution in [3.8, 4) is 11.5 Å². The molecule has 0 N–H and O–H groups in total. The van der Waals surface area contributed by atoms with Crippen molar-refractivity contribution < 1.29 is 37.7 Å². The number of methoxy groups -OCH3 is 2. The average molecular weight is 725 g/mol. The fourth-order valence-electron chi connectivity index (χ4n) is 6.44. The number of carbonyl (C=O) groups is 2. The molecule has 1 amide bonds. The Morgan fingerprint density at radius 3 is 2.22 bits per heavy atom. The predicted molar refractivity (Wildman–Crippen MR) is 185 cm³/mol. The molecule has 4 heterocycles. The van der Waals surface area contributed by atoms with Crippen molar-refractivity contribution in [2.45, 2.75) is 38.0 Å². The van der Waals surface area contributed by atoms with Crippen LogP contribution >= 0.6 is 23.2 Å². The summed E-state index contributed by atoms with van der Waals surface area (Å²) in [4.78, 5) is 30.9. The number of rotatable bonds is 11. The van der Waals surface area contributed by atoms with Gasteiger partial charge < -0.3 is 24.2 Å². The molecule has 0 radical (unpaired) electrons. The summed E-state index contributed by atoms with van der Waals surface area (Å²) in [5.41, 5.74) is 2.45. The third kappa shape index (κ3) is 8.07. The first-order valence-electron chi connectivity index (χ1n) is 16.2. The first kappa shape index (κ1) is 35.3. The normalized spacial score (nSPS) is 18.6. The van der Waals surface area contributed by atoms with Gasteiger partial charge in [-0.2, -0.15) is 4.73 Å². The summed E-state index contributed by atoms with van der Waals surface area (Å²) < 4.78 is 37.2. The van der Waals surface area contributed by atoms with Crippen LogP contribution in [0.4, 0.5) is 14.9 Å². The van der Waals surface area contributed by atoms with Crippen LogP contribution < -0.4 is 19.1 Å². The Morgan fingerprint density at radius 1 is 0.960 bits per heavy atom. The SMILES string of the molecule is COc1ccc(C(Cc2c(Cl)c[n+]([O-])cc2Cl)OC(=O)c2ccc(CN(C(=O)O[C@H]3CN4CCC3CC4)c3ccc(F)cc3)cc2)cc1OC. The van der Waals surface area contributed by atoms with Gasteiger partial charge in [-0.3, -0.25) is 9.80 Å². The molecule has 0 spiro atoms. The molecular formula is C37H36Cl2FN3O7. The van der Waals surface area contributed by atoms with E-state index in [0.717, 1.165) is 25.9 Å². The minimum atomic E-state index is -0.880. The number of amides is 1. The number of benzene rings is 3. The molecule has 3 fully saturated rings. The summed E-state index contributed by atoms with van der Waals surface area (Å²) in [6, 6.07) is 17.4. The van der Waals surface area contributed by atoms with Crippen LogP contribution in [0.15, 0.2) is 79.1 Å². The topological polar surface area (TPSA) is 104 Å². The second-order valence-electron chi connectivity index (χ2n) is 12.3. The number of hydrogen-bond donors (Lipinski definition) is 0. The molecule has 3 aliphatic rings. The van der Waals surface area contributed by atoms with E-state index in [2.05, 4.69) is 4.90 Å². The van der Waals surface area contributed by atoms with Gasteiger partial charge in [0.25, 0.3) is 0 Å². The average Bonchev–Trinajstić information content (AvgIpc) is 3.12. The summed E-state index contributed by atoms with van der Waals surface area (Å²) in [5.74, 6) is 0.192. The van der Waals surface area contributed by atoms with E-state index in [1.807, 2.05) is 0 Å². The molecule has 262 valence electrons. The number of aromatic nitrogens is 1. The van der Waals surface area contributed by atoms with Gasteiger partial charge in [-0.25, -0.2) is 14.0 Å². The van der Waals surface area contributed by atoms with E-state index in [-0.39, 0.29) is 34.7 Å². The summed E-state index contributed by atoms with van der Waals surface area (Å²) in [6.45, 7) is 2.86. The minimum absolute atomic E-state index is 0.0617. The van der Waals surface area contributed by atoms with Crippen LogP contribution in [-0.4, -0.2) is 56.9 Å². The molecular weight excluding hydrogens is 688 g/mol. The third-order valence-corrected chi connectivity index (χ3v) is 9.86.